The van der Waals surface area contributed by atoms with Crippen LogP contribution in [-0.2, 0) is 22.6 Å². The van der Waals surface area contributed by atoms with Gasteiger partial charge in [0.1, 0.15) is 5.82 Å². The van der Waals surface area contributed by atoms with Crippen LogP contribution >= 0.6 is 0 Å². The molecule has 2 aromatic heterocycles. The third kappa shape index (κ3) is 6.45. The lowest BCUT2D eigenvalue weighted by atomic mass is 9.98. The van der Waals surface area contributed by atoms with Crippen LogP contribution in [0.3, 0.4) is 0 Å². The molecular formula is C33H39N5O3. The van der Waals surface area contributed by atoms with Crippen LogP contribution in [0, 0.1) is 13.8 Å². The average Bonchev–Trinajstić information content (AvgIpc) is 2.98. The van der Waals surface area contributed by atoms with E-state index in [1.54, 1.807) is 0 Å². The Morgan fingerprint density at radius 2 is 1.68 bits per heavy atom. The first-order valence-corrected chi connectivity index (χ1v) is 14.6. The molecule has 0 radical (unpaired) electrons. The number of morpholine rings is 1. The summed E-state index contributed by atoms with van der Waals surface area (Å²) < 4.78 is 11.1. The number of rotatable bonds is 8. The van der Waals surface area contributed by atoms with Gasteiger partial charge in [-0.05, 0) is 73.2 Å². The molecule has 3 N–H and O–H groups in total. The largest absolute Gasteiger partial charge is 0.382 e. The topological polar surface area (TPSA) is 91.5 Å². The predicted octanol–water partition coefficient (Wildman–Crippen LogP) is 5.24. The minimum atomic E-state index is -0.0602. The van der Waals surface area contributed by atoms with Gasteiger partial charge in [0.15, 0.2) is 0 Å². The molecule has 4 aromatic rings. The number of aromatic nitrogens is 2. The van der Waals surface area contributed by atoms with Crippen LogP contribution in [0.1, 0.15) is 35.2 Å². The van der Waals surface area contributed by atoms with Crippen LogP contribution in [0.15, 0.2) is 59.5 Å². The number of aromatic amines is 1. The molecule has 0 atom stereocenters. The number of benzene rings is 2. The molecule has 8 nitrogen and oxygen atoms in total. The first kappa shape index (κ1) is 27.4. The summed E-state index contributed by atoms with van der Waals surface area (Å²) in [7, 11) is 0. The summed E-state index contributed by atoms with van der Waals surface area (Å²) in [5.41, 5.74) is 7.19. The standard InChI is InChI=1S/C33H39N5O3/c1-22-17-23(2)36-33(39)30(22)20-35-32-29-18-26(25-5-3-24(4-6-25)21-38-11-15-41-16-12-38)19-31(28(29)7-10-34-32)37-27-8-13-40-14-9-27/h3-7,10,17-19,27,37H,8-9,11-16,20-21H2,1-2H3,(H,34,35)(H,36,39). The molecule has 2 fully saturated rings. The highest BCUT2D eigenvalue weighted by atomic mass is 16.5. The van der Waals surface area contributed by atoms with Crippen LogP contribution < -0.4 is 16.2 Å². The second-order valence-corrected chi connectivity index (χ2v) is 11.2. The molecule has 6 rings (SSSR count). The van der Waals surface area contributed by atoms with Crippen molar-refractivity contribution in [3.63, 3.8) is 0 Å². The number of H-pyrrole nitrogens is 1. The quantitative estimate of drug-likeness (QED) is 0.275. The Labute approximate surface area is 241 Å². The molecule has 2 aliphatic heterocycles. The lowest BCUT2D eigenvalue weighted by Gasteiger charge is -2.26. The lowest BCUT2D eigenvalue weighted by molar-refractivity contribution is 0.0342. The number of hydrogen-bond donors (Lipinski definition) is 3. The van der Waals surface area contributed by atoms with E-state index >= 15 is 0 Å². The monoisotopic (exact) mass is 553 g/mol. The summed E-state index contributed by atoms with van der Waals surface area (Å²) in [5, 5.41) is 9.42. The Hall–Kier alpha value is -3.72. The fourth-order valence-electron chi connectivity index (χ4n) is 5.87. The molecule has 0 amide bonds. The van der Waals surface area contributed by atoms with Crippen molar-refractivity contribution in [1.82, 2.24) is 14.9 Å². The van der Waals surface area contributed by atoms with Gasteiger partial charge in [-0.3, -0.25) is 9.69 Å². The molecule has 0 aliphatic carbocycles. The van der Waals surface area contributed by atoms with E-state index in [1.165, 1.54) is 5.56 Å². The molecule has 0 bridgehead atoms. The Morgan fingerprint density at radius 3 is 2.44 bits per heavy atom. The second kappa shape index (κ2) is 12.4. The van der Waals surface area contributed by atoms with Crippen molar-refractivity contribution in [2.75, 3.05) is 50.2 Å². The normalized spacial score (nSPS) is 16.6. The number of fused-ring (bicyclic) bond motifs is 1. The SMILES string of the molecule is Cc1cc(C)c(CNc2nccc3c(NC4CCOCC4)cc(-c4ccc(CN5CCOCC5)cc4)cc23)c(=O)[nH]1. The lowest BCUT2D eigenvalue weighted by Crippen LogP contribution is -2.35. The second-order valence-electron chi connectivity index (χ2n) is 11.2. The van der Waals surface area contributed by atoms with E-state index in [4.69, 9.17) is 14.5 Å². The van der Waals surface area contributed by atoms with Crippen LogP contribution in [0.25, 0.3) is 21.9 Å². The van der Waals surface area contributed by atoms with Crippen LogP contribution in [0.5, 0.6) is 0 Å². The minimum Gasteiger partial charge on any atom is -0.382 e. The van der Waals surface area contributed by atoms with E-state index in [9.17, 15) is 4.79 Å². The number of nitrogens with one attached hydrogen (secondary N) is 3. The zero-order valence-corrected chi connectivity index (χ0v) is 24.0. The predicted molar refractivity (Wildman–Crippen MR) is 165 cm³/mol. The van der Waals surface area contributed by atoms with Gasteiger partial charge < -0.3 is 25.1 Å². The summed E-state index contributed by atoms with van der Waals surface area (Å²) in [6.07, 6.45) is 3.80. The number of anilines is 2. The van der Waals surface area contributed by atoms with E-state index in [1.807, 2.05) is 26.1 Å². The van der Waals surface area contributed by atoms with Crippen molar-refractivity contribution in [3.05, 3.63) is 87.5 Å². The summed E-state index contributed by atoms with van der Waals surface area (Å²) in [6.45, 7) is 10.3. The first-order chi connectivity index (χ1) is 20.0. The smallest absolute Gasteiger partial charge is 0.253 e. The maximum absolute atomic E-state index is 12.7. The Kier molecular flexibility index (Phi) is 8.32. The number of ether oxygens (including phenoxy) is 2. The summed E-state index contributed by atoms with van der Waals surface area (Å²) in [6, 6.07) is 17.8. The maximum Gasteiger partial charge on any atom is 0.253 e. The zero-order valence-electron chi connectivity index (χ0n) is 24.0. The van der Waals surface area contributed by atoms with Gasteiger partial charge in [-0.25, -0.2) is 4.98 Å². The minimum absolute atomic E-state index is 0.0602. The molecule has 0 unspecified atom stereocenters. The fourth-order valence-corrected chi connectivity index (χ4v) is 5.87. The Balaban J connectivity index is 1.33. The van der Waals surface area contributed by atoms with Crippen molar-refractivity contribution in [1.29, 1.82) is 0 Å². The van der Waals surface area contributed by atoms with Crippen molar-refractivity contribution in [2.45, 2.75) is 45.8 Å². The first-order valence-electron chi connectivity index (χ1n) is 14.6. The van der Waals surface area contributed by atoms with Crippen LogP contribution in [0.2, 0.25) is 0 Å². The molecule has 2 saturated heterocycles. The van der Waals surface area contributed by atoms with Gasteiger partial charge in [-0.1, -0.05) is 24.3 Å². The van der Waals surface area contributed by atoms with Crippen molar-refractivity contribution in [2.24, 2.45) is 0 Å². The van der Waals surface area contributed by atoms with Gasteiger partial charge in [-0.15, -0.1) is 0 Å². The number of aryl methyl sites for hydroxylation is 2. The van der Waals surface area contributed by atoms with Gasteiger partial charge in [-0.2, -0.15) is 0 Å². The Bertz CT molecular complexity index is 1550. The molecule has 2 aliphatic rings. The summed E-state index contributed by atoms with van der Waals surface area (Å²) in [5.74, 6) is 0.766. The fraction of sp³-hybridized carbons (Fsp3) is 0.394. The van der Waals surface area contributed by atoms with Crippen molar-refractivity contribution in [3.8, 4) is 11.1 Å². The summed E-state index contributed by atoms with van der Waals surface area (Å²) >= 11 is 0. The highest BCUT2D eigenvalue weighted by molar-refractivity contribution is 6.03. The van der Waals surface area contributed by atoms with Gasteiger partial charge >= 0.3 is 0 Å². The Morgan fingerprint density at radius 1 is 0.927 bits per heavy atom. The average molecular weight is 554 g/mol. The van der Waals surface area contributed by atoms with Crippen LogP contribution in [-0.4, -0.2) is 60.4 Å². The molecule has 8 heteroatoms. The van der Waals surface area contributed by atoms with E-state index in [0.717, 1.165) is 109 Å². The van der Waals surface area contributed by atoms with E-state index in [0.29, 0.717) is 12.6 Å². The maximum atomic E-state index is 12.7. The molecule has 2 aromatic carbocycles. The number of pyridine rings is 2. The van der Waals surface area contributed by atoms with Crippen molar-refractivity contribution < 1.29 is 9.47 Å². The van der Waals surface area contributed by atoms with Gasteiger partial charge in [0.05, 0.1) is 13.2 Å². The molecular weight excluding hydrogens is 514 g/mol. The summed E-state index contributed by atoms with van der Waals surface area (Å²) in [4.78, 5) is 22.7. The highest BCUT2D eigenvalue weighted by Gasteiger charge is 2.18. The molecule has 0 saturated carbocycles. The number of nitrogens with zero attached hydrogens (tertiary/aromatic N) is 2. The highest BCUT2D eigenvalue weighted by Crippen LogP contribution is 2.35. The van der Waals surface area contributed by atoms with Crippen LogP contribution in [0.4, 0.5) is 11.5 Å². The van der Waals surface area contributed by atoms with E-state index in [-0.39, 0.29) is 5.56 Å². The van der Waals surface area contributed by atoms with Crippen molar-refractivity contribution >= 4 is 22.3 Å². The molecule has 214 valence electrons. The third-order valence-corrected chi connectivity index (χ3v) is 8.18. The van der Waals surface area contributed by atoms with Gasteiger partial charge in [0, 0.05) is 79.3 Å². The third-order valence-electron chi connectivity index (χ3n) is 8.18. The molecule has 41 heavy (non-hydrogen) atoms. The zero-order chi connectivity index (χ0) is 28.2. The number of hydrogen-bond acceptors (Lipinski definition) is 7. The van der Waals surface area contributed by atoms with E-state index < -0.39 is 0 Å². The van der Waals surface area contributed by atoms with E-state index in [2.05, 4.69) is 63.0 Å². The van der Waals surface area contributed by atoms with Gasteiger partial charge in [0.25, 0.3) is 5.56 Å². The molecule has 0 spiro atoms. The molecule has 4 heterocycles. The van der Waals surface area contributed by atoms with Gasteiger partial charge in [0.2, 0.25) is 0 Å².